The Bertz CT molecular complexity index is 3830. The number of aromatic nitrogens is 2. The lowest BCUT2D eigenvalue weighted by Gasteiger charge is -2.31. The van der Waals surface area contributed by atoms with Crippen molar-refractivity contribution in [3.05, 3.63) is 77.9 Å². The van der Waals surface area contributed by atoms with Gasteiger partial charge in [-0.2, -0.15) is 0 Å². The van der Waals surface area contributed by atoms with Gasteiger partial charge >= 0.3 is 0 Å². The van der Waals surface area contributed by atoms with Crippen LogP contribution in [0.2, 0.25) is 0 Å². The smallest absolute Gasteiger partial charge is 0.245 e. The molecule has 3 aromatic rings. The molecular weight excluding hydrogens is 1520 g/mol. The van der Waals surface area contributed by atoms with Crippen molar-refractivity contribution in [3.8, 4) is 11.5 Å². The number of phenolic OH excluding ortho intramolecular Hbond substituents is 2. The van der Waals surface area contributed by atoms with E-state index in [9.17, 15) is 82.4 Å². The van der Waals surface area contributed by atoms with Gasteiger partial charge in [0.25, 0.3) is 0 Å². The Morgan fingerprint density at radius 1 is 0.436 bits per heavy atom. The zero-order chi connectivity index (χ0) is 87.8. The molecule has 0 saturated carbocycles. The Labute approximate surface area is 677 Å². The zero-order valence-electron chi connectivity index (χ0n) is 67.0. The molecule has 0 spiro atoms. The zero-order valence-corrected chi connectivity index (χ0v) is 67.0. The number of nitrogens with one attached hydrogen (secondary N) is 18. The summed E-state index contributed by atoms with van der Waals surface area (Å²) in [4.78, 5) is 203. The molecule has 14 amide bonds. The molecule has 0 unspecified atom stereocenters. The number of hydrogen-bond donors (Lipinski definition) is 28. The van der Waals surface area contributed by atoms with Crippen LogP contribution < -0.4 is 115 Å². The number of guanidine groups is 3. The van der Waals surface area contributed by atoms with E-state index in [0.717, 1.165) is 6.92 Å². The average Bonchev–Trinajstić information content (AvgIpc) is 1.07. The van der Waals surface area contributed by atoms with Crippen LogP contribution in [0.3, 0.4) is 0 Å². The number of aromatic hydroxyl groups is 2. The molecule has 43 heteroatoms. The van der Waals surface area contributed by atoms with Crippen LogP contribution in [0.1, 0.15) is 149 Å². The second-order valence-corrected chi connectivity index (χ2v) is 29.1. The predicted molar refractivity (Wildman–Crippen MR) is 429 cm³/mol. The number of nitrogens with two attached hydrogens (primary N) is 7. The minimum Gasteiger partial charge on any atom is -0.508 e. The second-order valence-electron chi connectivity index (χ2n) is 29.1. The standard InChI is InChI=1S/C74H120N26O17/c1-8-38(5)58(98-68(114)52(31-42-18-23-46(103)24-19-42)96-65(111)53(32-44-35-85-36-89-44)94-62(108)47(75)13-10-26-86-72(79)80)69(115)97-54(34-56(77)105)66(112)95-51(29-37(3)4)67(113)99-59(39(6)9-2)70(116)100-60(40(7)101)71(117)92-49(15-12-28-88-74(83)84)63(109)90-43(20-25-55(76)104)33-57(106)91-48(14-11-27-87-73(81)82)64(110)93-50(61(78)107)30-41-16-21-45(102)22-17-41/h16-19,21-24,35-40,43,47-54,58-60,101-103H,8-15,20,25-34,75H2,1-7H3,(H2,76,104)(H2,77,105)(H2,78,107)(H,85,89)(H,90,109)(H,91,106)(H,92,117)(H,93,110)(H,94,108)(H,95,112)(H,96,111)(H,97,115)(H,98,114)(H,99,113)(H,100,116)(H4,79,80,86)(H4,81,82,87)(H4,83,84,88)/t38-,39-,40+,43+,47-,48-,49-,50-,51-,52-,53-,54-,58-,59-,60-/m0/s1. The predicted octanol–water partition coefficient (Wildman–Crippen LogP) is -6.17. The Morgan fingerprint density at radius 2 is 0.829 bits per heavy atom. The van der Waals surface area contributed by atoms with E-state index in [2.05, 4.69) is 84.4 Å². The maximum absolute atomic E-state index is 14.7. The summed E-state index contributed by atoms with van der Waals surface area (Å²) in [6.45, 7) is 11.3. The van der Waals surface area contributed by atoms with Crippen LogP contribution in [0, 0.1) is 34.0 Å². The molecule has 0 radical (unpaired) electrons. The molecule has 1 heterocycles. The van der Waals surface area contributed by atoms with Gasteiger partial charge in [0, 0.05) is 64.0 Å². The fourth-order valence-corrected chi connectivity index (χ4v) is 11.9. The van der Waals surface area contributed by atoms with E-state index >= 15 is 0 Å². The molecule has 0 bridgehead atoms. The van der Waals surface area contributed by atoms with Gasteiger partial charge in [-0.05, 0) is 111 Å². The van der Waals surface area contributed by atoms with Crippen LogP contribution >= 0.6 is 0 Å². The van der Waals surface area contributed by atoms with Crippen LogP contribution in [-0.4, -0.2) is 224 Å². The average molecular weight is 1650 g/mol. The topological polar surface area (TPSA) is 750 Å². The molecule has 43 nitrogen and oxygen atoms in total. The van der Waals surface area contributed by atoms with E-state index in [4.69, 9.17) is 56.4 Å². The van der Waals surface area contributed by atoms with Gasteiger partial charge in [-0.3, -0.25) is 83.4 Å². The van der Waals surface area contributed by atoms with Gasteiger partial charge in [-0.1, -0.05) is 78.6 Å². The van der Waals surface area contributed by atoms with Crippen LogP contribution in [0.5, 0.6) is 11.5 Å². The van der Waals surface area contributed by atoms with Crippen LogP contribution in [0.15, 0.2) is 61.1 Å². The lowest BCUT2D eigenvalue weighted by Crippen LogP contribution is -2.63. The van der Waals surface area contributed by atoms with Gasteiger partial charge in [0.05, 0.1) is 30.6 Å². The van der Waals surface area contributed by atoms with E-state index in [1.807, 2.05) is 0 Å². The molecule has 0 aliphatic heterocycles. The lowest BCUT2D eigenvalue weighted by molar-refractivity contribution is -0.138. The molecule has 15 atom stereocenters. The van der Waals surface area contributed by atoms with Crippen molar-refractivity contribution in [1.82, 2.24) is 84.4 Å². The van der Waals surface area contributed by atoms with Gasteiger partial charge in [-0.15, -0.1) is 0 Å². The molecule has 0 aliphatic rings. The fourth-order valence-electron chi connectivity index (χ4n) is 11.9. The van der Waals surface area contributed by atoms with Crippen LogP contribution in [-0.2, 0) is 86.4 Å². The molecule has 117 heavy (non-hydrogen) atoms. The van der Waals surface area contributed by atoms with Gasteiger partial charge < -0.3 is 135 Å². The summed E-state index contributed by atoms with van der Waals surface area (Å²) in [6, 6.07) is -6.52. The van der Waals surface area contributed by atoms with Crippen molar-refractivity contribution in [2.24, 2.45) is 57.9 Å². The summed E-state index contributed by atoms with van der Waals surface area (Å²) in [7, 11) is 0. The summed E-state index contributed by atoms with van der Waals surface area (Å²) in [6.07, 6.45) is -1.12. The van der Waals surface area contributed by atoms with Gasteiger partial charge in [-0.25, -0.2) is 4.98 Å². The first kappa shape index (κ1) is 98.8. The number of aromatic amines is 1. The molecule has 0 fully saturated rings. The SMILES string of the molecule is CC[C@H](C)[C@H](NC(=O)[C@H](Cc1ccc(O)cc1)NC(=O)[C@H](Cc1c[nH]cn1)NC(=O)[C@@H](N)CCCNC(=N)N)C(=O)N[C@@H](CC(N)=O)C(=O)N[C@@H](CC(C)C)C(=O)N[C@H](C(=O)N[C@H](C(=O)N[C@@H](CCCNC(=N)N)C(=O)N[C@H](CCC(N)=O)CC(=O)N[C@@H](CCCNC(=N)N)C(=O)N[C@@H](Cc1ccc(O)cc1)C(N)=O)[C@@H](C)O)[C@@H](C)CC. The van der Waals surface area contributed by atoms with E-state index in [0.29, 0.717) is 23.2 Å². The van der Waals surface area contributed by atoms with Crippen molar-refractivity contribution < 1.29 is 82.4 Å². The van der Waals surface area contributed by atoms with E-state index in [1.165, 1.54) is 61.1 Å². The second kappa shape index (κ2) is 50.7. The highest BCUT2D eigenvalue weighted by Crippen LogP contribution is 2.19. The number of aliphatic hydroxyl groups excluding tert-OH is 1. The van der Waals surface area contributed by atoms with E-state index < -0.39 is 198 Å². The number of imidazole rings is 1. The van der Waals surface area contributed by atoms with Crippen LogP contribution in [0.25, 0.3) is 0 Å². The highest BCUT2D eigenvalue weighted by molar-refractivity contribution is 6.00. The Balaban J connectivity index is 1.95. The van der Waals surface area contributed by atoms with Crippen molar-refractivity contribution in [1.29, 1.82) is 16.2 Å². The quantitative estimate of drug-likeness (QED) is 0.0142. The minimum atomic E-state index is -1.89. The normalized spacial score (nSPS) is 14.9. The molecule has 0 saturated heterocycles. The number of carbonyl (C=O) groups is 14. The van der Waals surface area contributed by atoms with Gasteiger partial charge in [0.15, 0.2) is 17.9 Å². The number of amides is 14. The summed E-state index contributed by atoms with van der Waals surface area (Å²) < 4.78 is 0. The van der Waals surface area contributed by atoms with Crippen molar-refractivity contribution in [2.75, 3.05) is 19.6 Å². The van der Waals surface area contributed by atoms with Crippen molar-refractivity contribution in [2.45, 2.75) is 230 Å². The highest BCUT2D eigenvalue weighted by atomic mass is 16.3. The third-order valence-electron chi connectivity index (χ3n) is 18.8. The third kappa shape index (κ3) is 37.6. The van der Waals surface area contributed by atoms with Crippen molar-refractivity contribution >= 4 is 101 Å². The summed E-state index contributed by atoms with van der Waals surface area (Å²) in [5.41, 5.74) is 40.6. The Hall–Kier alpha value is -12.4. The van der Waals surface area contributed by atoms with Gasteiger partial charge in [0.1, 0.15) is 71.9 Å². The van der Waals surface area contributed by atoms with E-state index in [-0.39, 0.29) is 126 Å². The first-order valence-corrected chi connectivity index (χ1v) is 38.5. The number of primary amides is 3. The Morgan fingerprint density at radius 3 is 1.29 bits per heavy atom. The number of nitrogens with zero attached hydrogens (tertiary/aromatic N) is 1. The number of carbonyl (C=O) groups excluding carboxylic acids is 14. The number of aliphatic hydroxyl groups is 1. The largest absolute Gasteiger partial charge is 0.508 e. The lowest BCUT2D eigenvalue weighted by atomic mass is 9.95. The maximum atomic E-state index is 14.7. The molecule has 648 valence electrons. The third-order valence-corrected chi connectivity index (χ3v) is 18.8. The summed E-state index contributed by atoms with van der Waals surface area (Å²) in [5.74, 6) is -16.6. The number of hydrogen-bond acceptors (Lipinski definition) is 22. The first-order chi connectivity index (χ1) is 55.1. The van der Waals surface area contributed by atoms with Crippen molar-refractivity contribution in [3.63, 3.8) is 0 Å². The monoisotopic (exact) mass is 1640 g/mol. The van der Waals surface area contributed by atoms with Crippen LogP contribution in [0.4, 0.5) is 0 Å². The number of H-pyrrole nitrogens is 1. The first-order valence-electron chi connectivity index (χ1n) is 38.5. The molecule has 3 rings (SSSR count). The number of phenols is 2. The highest BCUT2D eigenvalue weighted by Gasteiger charge is 2.40. The van der Waals surface area contributed by atoms with Gasteiger partial charge in [0.2, 0.25) is 82.7 Å². The Kier molecular flexibility index (Phi) is 42.8. The maximum Gasteiger partial charge on any atom is 0.245 e. The molecule has 1 aromatic heterocycles. The minimum absolute atomic E-state index is 0.0173. The fraction of sp³-hybridized carbons (Fsp3) is 0.568. The van der Waals surface area contributed by atoms with E-state index in [1.54, 1.807) is 41.5 Å². The molecule has 2 aromatic carbocycles. The number of rotatable bonds is 54. The summed E-state index contributed by atoms with van der Waals surface area (Å²) >= 11 is 0. The number of benzene rings is 2. The molecule has 35 N–H and O–H groups in total. The molecular formula is C74H120N26O17. The molecule has 0 aliphatic carbocycles. The summed E-state index contributed by atoms with van der Waals surface area (Å²) in [5, 5.41) is 89.8.